The van der Waals surface area contributed by atoms with Crippen molar-refractivity contribution >= 4 is 23.9 Å². The van der Waals surface area contributed by atoms with E-state index < -0.39 is 0 Å². The number of unbranched alkanes of at least 4 members (excludes halogenated alkanes) is 1. The molecule has 1 aromatic heterocycles. The molecule has 0 atom stereocenters. The van der Waals surface area contributed by atoms with Gasteiger partial charge in [-0.25, -0.2) is 0 Å². The van der Waals surface area contributed by atoms with Gasteiger partial charge in [0.25, 0.3) is 5.91 Å². The van der Waals surface area contributed by atoms with Crippen LogP contribution < -0.4 is 14.4 Å². The Morgan fingerprint density at radius 1 is 1.11 bits per heavy atom. The number of nitriles is 1. The van der Waals surface area contributed by atoms with Crippen molar-refractivity contribution in [3.8, 4) is 17.6 Å². The highest BCUT2D eigenvalue weighted by Crippen LogP contribution is 2.26. The molecule has 8 nitrogen and oxygen atoms in total. The maximum absolute atomic E-state index is 13.0. The molecule has 2 aromatic carbocycles. The molecule has 4 rings (SSSR count). The average Bonchev–Trinajstić information content (AvgIpc) is 3.35. The summed E-state index contributed by atoms with van der Waals surface area (Å²) >= 11 is 0. The minimum atomic E-state index is -0.0201. The van der Waals surface area contributed by atoms with E-state index in [-0.39, 0.29) is 11.6 Å². The quantitative estimate of drug-likeness (QED) is 0.399. The fourth-order valence-corrected chi connectivity index (χ4v) is 3.98. The second kappa shape index (κ2) is 11.9. The van der Waals surface area contributed by atoms with Gasteiger partial charge < -0.3 is 23.7 Å². The van der Waals surface area contributed by atoms with Crippen LogP contribution in [-0.4, -0.2) is 55.7 Å². The molecule has 0 spiro atoms. The number of hydrogen-bond donors (Lipinski definition) is 0. The van der Waals surface area contributed by atoms with E-state index in [9.17, 15) is 10.1 Å². The van der Waals surface area contributed by atoms with Gasteiger partial charge in [-0.1, -0.05) is 31.5 Å². The molecule has 1 aliphatic heterocycles. The third kappa shape index (κ3) is 5.87. The topological polar surface area (TPSA) is 91.8 Å². The van der Waals surface area contributed by atoms with Gasteiger partial charge in [-0.15, -0.1) is 0 Å². The van der Waals surface area contributed by atoms with Gasteiger partial charge in [-0.3, -0.25) is 4.79 Å². The second-order valence-corrected chi connectivity index (χ2v) is 8.40. The SMILES string of the molecule is CCCCOc1ccc(C(=O)N2CCN(c3oc(/C=C/c4ccccc4OC)nc3C#N)CC2)cc1. The van der Waals surface area contributed by atoms with Crippen LogP contribution in [-0.2, 0) is 0 Å². The molecular formula is C28H30N4O4. The van der Waals surface area contributed by atoms with Crippen molar-refractivity contribution in [2.45, 2.75) is 19.8 Å². The summed E-state index contributed by atoms with van der Waals surface area (Å²) in [5, 5.41) is 9.59. The van der Waals surface area contributed by atoms with Crippen molar-refractivity contribution in [3.05, 3.63) is 71.2 Å². The van der Waals surface area contributed by atoms with Crippen LogP contribution in [0.1, 0.15) is 47.3 Å². The Morgan fingerprint density at radius 2 is 1.86 bits per heavy atom. The summed E-state index contributed by atoms with van der Waals surface area (Å²) in [4.78, 5) is 21.1. The van der Waals surface area contributed by atoms with E-state index in [0.29, 0.717) is 50.1 Å². The molecule has 0 saturated carbocycles. The highest BCUT2D eigenvalue weighted by molar-refractivity contribution is 5.94. The molecule has 186 valence electrons. The zero-order chi connectivity index (χ0) is 25.3. The number of methoxy groups -OCH3 is 1. The Labute approximate surface area is 211 Å². The fourth-order valence-electron chi connectivity index (χ4n) is 3.98. The van der Waals surface area contributed by atoms with Crippen LogP contribution in [0.5, 0.6) is 11.5 Å². The fraction of sp³-hybridized carbons (Fsp3) is 0.321. The Morgan fingerprint density at radius 3 is 2.56 bits per heavy atom. The molecule has 1 aliphatic rings. The number of carbonyl (C=O) groups excluding carboxylic acids is 1. The molecule has 36 heavy (non-hydrogen) atoms. The lowest BCUT2D eigenvalue weighted by Crippen LogP contribution is -2.48. The summed E-state index contributed by atoms with van der Waals surface area (Å²) < 4.78 is 17.0. The summed E-state index contributed by atoms with van der Waals surface area (Å²) in [6, 6.07) is 17.0. The first-order valence-corrected chi connectivity index (χ1v) is 12.1. The highest BCUT2D eigenvalue weighted by atomic mass is 16.5. The van der Waals surface area contributed by atoms with Gasteiger partial charge in [0, 0.05) is 43.4 Å². The highest BCUT2D eigenvalue weighted by Gasteiger charge is 2.26. The number of hydrogen-bond acceptors (Lipinski definition) is 7. The predicted octanol–water partition coefficient (Wildman–Crippen LogP) is 4.87. The standard InChI is InChI=1S/C28H30N4O4/c1-3-4-19-35-23-12-9-22(10-13-23)27(33)31-15-17-32(18-16-31)28-24(20-29)30-26(36-28)14-11-21-7-5-6-8-25(21)34-2/h5-14H,3-4,15-19H2,1-2H3/b14-11+. The number of para-hydroxylation sites is 1. The average molecular weight is 487 g/mol. The summed E-state index contributed by atoms with van der Waals surface area (Å²) in [6.07, 6.45) is 5.64. The molecule has 0 aliphatic carbocycles. The molecule has 0 bridgehead atoms. The summed E-state index contributed by atoms with van der Waals surface area (Å²) in [5.74, 6) is 2.26. The molecule has 3 aromatic rings. The second-order valence-electron chi connectivity index (χ2n) is 8.40. The van der Waals surface area contributed by atoms with Gasteiger partial charge in [0.05, 0.1) is 13.7 Å². The lowest BCUT2D eigenvalue weighted by Gasteiger charge is -2.34. The van der Waals surface area contributed by atoms with E-state index in [2.05, 4.69) is 18.0 Å². The Bertz CT molecular complexity index is 1240. The number of nitrogens with zero attached hydrogens (tertiary/aromatic N) is 4. The lowest BCUT2D eigenvalue weighted by molar-refractivity contribution is 0.0745. The van der Waals surface area contributed by atoms with Crippen LogP contribution in [0.2, 0.25) is 0 Å². The monoisotopic (exact) mass is 486 g/mol. The van der Waals surface area contributed by atoms with E-state index in [1.165, 1.54) is 0 Å². The number of carbonyl (C=O) groups is 1. The molecule has 1 saturated heterocycles. The van der Waals surface area contributed by atoms with Crippen LogP contribution in [0.25, 0.3) is 12.2 Å². The van der Waals surface area contributed by atoms with Crippen LogP contribution in [0.3, 0.4) is 0 Å². The first-order valence-electron chi connectivity index (χ1n) is 12.1. The molecule has 0 N–H and O–H groups in total. The molecule has 0 radical (unpaired) electrons. The third-order valence-corrected chi connectivity index (χ3v) is 6.00. The maximum atomic E-state index is 13.0. The van der Waals surface area contributed by atoms with Gasteiger partial charge in [0.2, 0.25) is 17.5 Å². The molecule has 1 fully saturated rings. The van der Waals surface area contributed by atoms with Crippen molar-refractivity contribution in [2.24, 2.45) is 0 Å². The van der Waals surface area contributed by atoms with Crippen LogP contribution in [0.15, 0.2) is 52.9 Å². The maximum Gasteiger partial charge on any atom is 0.253 e. The minimum absolute atomic E-state index is 0.0201. The zero-order valence-electron chi connectivity index (χ0n) is 20.6. The van der Waals surface area contributed by atoms with Crippen molar-refractivity contribution in [3.63, 3.8) is 0 Å². The van der Waals surface area contributed by atoms with Crippen molar-refractivity contribution in [1.29, 1.82) is 5.26 Å². The lowest BCUT2D eigenvalue weighted by atomic mass is 10.1. The van der Waals surface area contributed by atoms with Crippen LogP contribution in [0.4, 0.5) is 5.88 Å². The van der Waals surface area contributed by atoms with E-state index in [0.717, 1.165) is 29.9 Å². The third-order valence-electron chi connectivity index (χ3n) is 6.00. The molecule has 8 heteroatoms. The predicted molar refractivity (Wildman–Crippen MR) is 138 cm³/mol. The zero-order valence-corrected chi connectivity index (χ0v) is 20.6. The summed E-state index contributed by atoms with van der Waals surface area (Å²) in [5.41, 5.74) is 1.74. The Kier molecular flexibility index (Phi) is 8.24. The van der Waals surface area contributed by atoms with Crippen LogP contribution in [0, 0.1) is 11.3 Å². The van der Waals surface area contributed by atoms with Gasteiger partial charge in [0.15, 0.2) is 0 Å². The number of aromatic nitrogens is 1. The number of ether oxygens (including phenoxy) is 2. The van der Waals surface area contributed by atoms with E-state index in [1.807, 2.05) is 52.3 Å². The normalized spacial score (nSPS) is 13.6. The van der Waals surface area contributed by atoms with Crippen molar-refractivity contribution < 1.29 is 18.7 Å². The summed E-state index contributed by atoms with van der Waals surface area (Å²) in [7, 11) is 1.62. The van der Waals surface area contributed by atoms with Gasteiger partial charge in [-0.2, -0.15) is 10.2 Å². The number of oxazole rings is 1. The number of benzene rings is 2. The van der Waals surface area contributed by atoms with E-state index >= 15 is 0 Å². The van der Waals surface area contributed by atoms with E-state index in [1.54, 1.807) is 25.3 Å². The number of piperazine rings is 1. The van der Waals surface area contributed by atoms with Gasteiger partial charge in [0.1, 0.15) is 17.6 Å². The first kappa shape index (κ1) is 24.9. The Balaban J connectivity index is 1.38. The number of amides is 1. The van der Waals surface area contributed by atoms with E-state index in [4.69, 9.17) is 13.9 Å². The smallest absolute Gasteiger partial charge is 0.253 e. The Hall–Kier alpha value is -4.25. The van der Waals surface area contributed by atoms with Crippen molar-refractivity contribution in [2.75, 3.05) is 44.8 Å². The first-order chi connectivity index (χ1) is 17.6. The van der Waals surface area contributed by atoms with Crippen molar-refractivity contribution in [1.82, 2.24) is 9.88 Å². The summed E-state index contributed by atoms with van der Waals surface area (Å²) in [6.45, 7) is 4.92. The van der Waals surface area contributed by atoms with Crippen LogP contribution >= 0.6 is 0 Å². The molecular weight excluding hydrogens is 456 g/mol. The van der Waals surface area contributed by atoms with Gasteiger partial charge >= 0.3 is 0 Å². The largest absolute Gasteiger partial charge is 0.496 e. The number of rotatable bonds is 9. The molecule has 2 heterocycles. The minimum Gasteiger partial charge on any atom is -0.496 e. The number of anilines is 1. The van der Waals surface area contributed by atoms with Gasteiger partial charge in [-0.05, 0) is 42.8 Å². The molecule has 0 unspecified atom stereocenters. The molecule has 1 amide bonds.